The number of halogens is 2. The van der Waals surface area contributed by atoms with Gasteiger partial charge in [-0.1, -0.05) is 26.0 Å². The number of hydrogen-bond acceptors (Lipinski definition) is 1. The van der Waals surface area contributed by atoms with Crippen molar-refractivity contribution in [3.8, 4) is 0 Å². The SMILES string of the molecule is CC(C)(CCNC1CC1)Cc1cccc(F)c1Br. The van der Waals surface area contributed by atoms with Crippen LogP contribution >= 0.6 is 15.9 Å². The van der Waals surface area contributed by atoms with Crippen LogP contribution in [0.1, 0.15) is 38.7 Å². The molecule has 1 aromatic carbocycles. The number of hydrogen-bond donors (Lipinski definition) is 1. The van der Waals surface area contributed by atoms with Gasteiger partial charge in [0.25, 0.3) is 0 Å². The highest BCUT2D eigenvalue weighted by Crippen LogP contribution is 2.31. The molecule has 1 aliphatic carbocycles. The Morgan fingerprint density at radius 1 is 1.39 bits per heavy atom. The molecule has 1 aliphatic rings. The lowest BCUT2D eigenvalue weighted by Crippen LogP contribution is -2.25. The van der Waals surface area contributed by atoms with Crippen molar-refractivity contribution in [2.75, 3.05) is 6.54 Å². The van der Waals surface area contributed by atoms with Gasteiger partial charge in [0, 0.05) is 6.04 Å². The lowest BCUT2D eigenvalue weighted by Gasteiger charge is -2.25. The predicted molar refractivity (Wildman–Crippen MR) is 77.2 cm³/mol. The van der Waals surface area contributed by atoms with Crippen LogP contribution in [0.3, 0.4) is 0 Å². The number of nitrogens with one attached hydrogen (secondary N) is 1. The highest BCUT2D eigenvalue weighted by Gasteiger charge is 2.23. The van der Waals surface area contributed by atoms with E-state index in [4.69, 9.17) is 0 Å². The van der Waals surface area contributed by atoms with Crippen LogP contribution in [-0.2, 0) is 6.42 Å². The van der Waals surface area contributed by atoms with Gasteiger partial charge in [-0.15, -0.1) is 0 Å². The molecule has 0 unspecified atom stereocenters. The van der Waals surface area contributed by atoms with Crippen molar-refractivity contribution >= 4 is 15.9 Å². The Morgan fingerprint density at radius 2 is 2.11 bits per heavy atom. The van der Waals surface area contributed by atoms with Crippen LogP contribution in [0.15, 0.2) is 22.7 Å². The molecule has 0 aliphatic heterocycles. The average Bonchev–Trinajstić information content (AvgIpc) is 3.08. The van der Waals surface area contributed by atoms with Gasteiger partial charge in [0.1, 0.15) is 5.82 Å². The van der Waals surface area contributed by atoms with Crippen LogP contribution in [0.4, 0.5) is 4.39 Å². The summed E-state index contributed by atoms with van der Waals surface area (Å²) in [5.74, 6) is -0.167. The fourth-order valence-corrected chi connectivity index (χ4v) is 2.60. The maximum Gasteiger partial charge on any atom is 0.137 e. The Morgan fingerprint density at radius 3 is 2.78 bits per heavy atom. The minimum atomic E-state index is -0.167. The van der Waals surface area contributed by atoms with Gasteiger partial charge >= 0.3 is 0 Å². The van der Waals surface area contributed by atoms with Gasteiger partial charge < -0.3 is 5.32 Å². The van der Waals surface area contributed by atoms with E-state index in [-0.39, 0.29) is 11.2 Å². The van der Waals surface area contributed by atoms with Crippen LogP contribution in [0.2, 0.25) is 0 Å². The summed E-state index contributed by atoms with van der Waals surface area (Å²) in [6, 6.07) is 6.05. The molecule has 0 bridgehead atoms. The highest BCUT2D eigenvalue weighted by atomic mass is 79.9. The summed E-state index contributed by atoms with van der Waals surface area (Å²) in [4.78, 5) is 0. The zero-order valence-corrected chi connectivity index (χ0v) is 12.7. The van der Waals surface area contributed by atoms with E-state index in [1.807, 2.05) is 6.07 Å². The second-order valence-electron chi connectivity index (χ2n) is 6.03. The molecular formula is C15H21BrFN. The highest BCUT2D eigenvalue weighted by molar-refractivity contribution is 9.10. The van der Waals surface area contributed by atoms with E-state index in [0.717, 1.165) is 31.0 Å². The number of benzene rings is 1. The van der Waals surface area contributed by atoms with Gasteiger partial charge in [-0.2, -0.15) is 0 Å². The van der Waals surface area contributed by atoms with Gasteiger partial charge in [0.2, 0.25) is 0 Å². The monoisotopic (exact) mass is 313 g/mol. The molecule has 1 fully saturated rings. The first-order chi connectivity index (χ1) is 8.48. The molecule has 0 saturated heterocycles. The van der Waals surface area contributed by atoms with E-state index < -0.39 is 0 Å². The molecule has 2 rings (SSSR count). The lowest BCUT2D eigenvalue weighted by atomic mass is 9.82. The molecule has 100 valence electrons. The molecule has 0 radical (unpaired) electrons. The Balaban J connectivity index is 1.90. The van der Waals surface area contributed by atoms with Crippen molar-refractivity contribution in [3.63, 3.8) is 0 Å². The van der Waals surface area contributed by atoms with Crippen LogP contribution in [-0.4, -0.2) is 12.6 Å². The van der Waals surface area contributed by atoms with E-state index in [2.05, 4.69) is 35.1 Å². The van der Waals surface area contributed by atoms with Gasteiger partial charge in [-0.3, -0.25) is 0 Å². The smallest absolute Gasteiger partial charge is 0.137 e. The summed E-state index contributed by atoms with van der Waals surface area (Å²) >= 11 is 3.34. The molecule has 18 heavy (non-hydrogen) atoms. The molecule has 1 saturated carbocycles. The summed E-state index contributed by atoms with van der Waals surface area (Å²) in [5.41, 5.74) is 1.25. The summed E-state index contributed by atoms with van der Waals surface area (Å²) in [6.45, 7) is 5.56. The molecule has 1 N–H and O–H groups in total. The van der Waals surface area contributed by atoms with Gasteiger partial charge in [-0.05, 0) is 65.2 Å². The Hall–Kier alpha value is -0.410. The Labute approximate surface area is 117 Å². The third-order valence-electron chi connectivity index (χ3n) is 3.51. The van der Waals surface area contributed by atoms with E-state index in [9.17, 15) is 4.39 Å². The number of rotatable bonds is 6. The van der Waals surface area contributed by atoms with Crippen LogP contribution in [0, 0.1) is 11.2 Å². The van der Waals surface area contributed by atoms with Crippen molar-refractivity contribution in [2.24, 2.45) is 5.41 Å². The summed E-state index contributed by atoms with van der Waals surface area (Å²) in [7, 11) is 0. The molecule has 0 heterocycles. The minimum absolute atomic E-state index is 0.167. The second-order valence-corrected chi connectivity index (χ2v) is 6.83. The van der Waals surface area contributed by atoms with E-state index in [1.165, 1.54) is 18.9 Å². The molecule has 0 atom stereocenters. The zero-order chi connectivity index (χ0) is 13.2. The summed E-state index contributed by atoms with van der Waals surface area (Å²) in [5, 5.41) is 3.54. The quantitative estimate of drug-likeness (QED) is 0.825. The van der Waals surface area contributed by atoms with E-state index >= 15 is 0 Å². The molecule has 3 heteroatoms. The van der Waals surface area contributed by atoms with E-state index in [0.29, 0.717) is 4.47 Å². The molecule has 0 amide bonds. The predicted octanol–water partition coefficient (Wildman–Crippen LogP) is 4.30. The maximum absolute atomic E-state index is 13.5. The third kappa shape index (κ3) is 4.06. The fraction of sp³-hybridized carbons (Fsp3) is 0.600. The molecule has 1 nitrogen and oxygen atoms in total. The first-order valence-electron chi connectivity index (χ1n) is 6.64. The van der Waals surface area contributed by atoms with Crippen molar-refractivity contribution in [2.45, 2.75) is 45.6 Å². The third-order valence-corrected chi connectivity index (χ3v) is 4.40. The average molecular weight is 314 g/mol. The van der Waals surface area contributed by atoms with Crippen LogP contribution in [0.5, 0.6) is 0 Å². The summed E-state index contributed by atoms with van der Waals surface area (Å²) < 4.78 is 14.1. The summed E-state index contributed by atoms with van der Waals surface area (Å²) in [6.07, 6.45) is 4.68. The normalized spacial score (nSPS) is 16.0. The van der Waals surface area contributed by atoms with E-state index in [1.54, 1.807) is 6.07 Å². The Kier molecular flexibility index (Phi) is 4.44. The standard InChI is InChI=1S/C15H21BrFN/c1-15(2,8-9-18-12-6-7-12)10-11-4-3-5-13(17)14(11)16/h3-5,12,18H,6-10H2,1-2H3. The van der Waals surface area contributed by atoms with Crippen molar-refractivity contribution in [3.05, 3.63) is 34.1 Å². The minimum Gasteiger partial charge on any atom is -0.314 e. The zero-order valence-electron chi connectivity index (χ0n) is 11.1. The van der Waals surface area contributed by atoms with Crippen molar-refractivity contribution in [1.29, 1.82) is 0 Å². The first kappa shape index (κ1) is 14.0. The van der Waals surface area contributed by atoms with Crippen molar-refractivity contribution < 1.29 is 4.39 Å². The molecule has 0 aromatic heterocycles. The Bertz CT molecular complexity index is 413. The first-order valence-corrected chi connectivity index (χ1v) is 7.43. The molecular weight excluding hydrogens is 293 g/mol. The van der Waals surface area contributed by atoms with Gasteiger partial charge in [0.05, 0.1) is 4.47 Å². The maximum atomic E-state index is 13.5. The van der Waals surface area contributed by atoms with Gasteiger partial charge in [0.15, 0.2) is 0 Å². The van der Waals surface area contributed by atoms with Crippen LogP contribution < -0.4 is 5.32 Å². The molecule has 1 aromatic rings. The topological polar surface area (TPSA) is 12.0 Å². The molecule has 0 spiro atoms. The largest absolute Gasteiger partial charge is 0.314 e. The van der Waals surface area contributed by atoms with Crippen LogP contribution in [0.25, 0.3) is 0 Å². The second kappa shape index (κ2) is 5.70. The van der Waals surface area contributed by atoms with Gasteiger partial charge in [-0.25, -0.2) is 4.39 Å². The fourth-order valence-electron chi connectivity index (χ4n) is 2.19. The van der Waals surface area contributed by atoms with Crippen molar-refractivity contribution in [1.82, 2.24) is 5.32 Å². The lowest BCUT2D eigenvalue weighted by molar-refractivity contribution is 0.324.